The van der Waals surface area contributed by atoms with Crippen molar-refractivity contribution in [2.24, 2.45) is 0 Å². The lowest BCUT2D eigenvalue weighted by Gasteiger charge is -2.13. The molecule has 5 nitrogen and oxygen atoms in total. The summed E-state index contributed by atoms with van der Waals surface area (Å²) < 4.78 is 1.84. The van der Waals surface area contributed by atoms with E-state index < -0.39 is 0 Å². The van der Waals surface area contributed by atoms with Crippen LogP contribution in [0, 0.1) is 0 Å². The minimum atomic E-state index is -0.151. The standard InChI is InChI=1S/C11H20N4O/c1-3-5-13-11(16)10(2)12-7-9-15-8-4-6-14-15/h4,6,8,10,12H,3,5,7,9H2,1-2H3,(H,13,16). The molecule has 0 radical (unpaired) electrons. The average molecular weight is 224 g/mol. The Morgan fingerprint density at radius 1 is 1.50 bits per heavy atom. The molecule has 5 heteroatoms. The second kappa shape index (κ2) is 7.00. The zero-order valence-electron chi connectivity index (χ0n) is 9.94. The third kappa shape index (κ3) is 4.44. The largest absolute Gasteiger partial charge is 0.355 e. The lowest BCUT2D eigenvalue weighted by atomic mass is 10.3. The van der Waals surface area contributed by atoms with Crippen LogP contribution in [0.4, 0.5) is 0 Å². The van der Waals surface area contributed by atoms with E-state index in [2.05, 4.69) is 15.7 Å². The molecule has 1 aromatic rings. The molecular weight excluding hydrogens is 204 g/mol. The number of rotatable bonds is 7. The highest BCUT2D eigenvalue weighted by Gasteiger charge is 2.10. The molecule has 2 N–H and O–H groups in total. The number of nitrogens with one attached hydrogen (secondary N) is 2. The summed E-state index contributed by atoms with van der Waals surface area (Å²) in [4.78, 5) is 11.5. The van der Waals surface area contributed by atoms with E-state index in [0.29, 0.717) is 0 Å². The maximum Gasteiger partial charge on any atom is 0.236 e. The highest BCUT2D eigenvalue weighted by atomic mass is 16.2. The number of hydrogen-bond acceptors (Lipinski definition) is 3. The van der Waals surface area contributed by atoms with Gasteiger partial charge in [-0.25, -0.2) is 0 Å². The van der Waals surface area contributed by atoms with Gasteiger partial charge in [0.15, 0.2) is 0 Å². The van der Waals surface area contributed by atoms with Crippen molar-refractivity contribution < 1.29 is 4.79 Å². The van der Waals surface area contributed by atoms with Gasteiger partial charge in [0.1, 0.15) is 0 Å². The predicted molar refractivity (Wildman–Crippen MR) is 63.0 cm³/mol. The SMILES string of the molecule is CCCNC(=O)C(C)NCCn1cccn1. The van der Waals surface area contributed by atoms with E-state index in [4.69, 9.17) is 0 Å². The first-order valence-corrected chi connectivity index (χ1v) is 5.72. The Balaban J connectivity index is 2.14. The lowest BCUT2D eigenvalue weighted by molar-refractivity contribution is -0.122. The summed E-state index contributed by atoms with van der Waals surface area (Å²) in [6.45, 7) is 6.16. The fraction of sp³-hybridized carbons (Fsp3) is 0.636. The molecule has 0 saturated heterocycles. The van der Waals surface area contributed by atoms with E-state index >= 15 is 0 Å². The van der Waals surface area contributed by atoms with Gasteiger partial charge in [0.05, 0.1) is 12.6 Å². The molecule has 0 aliphatic heterocycles. The van der Waals surface area contributed by atoms with Gasteiger partial charge in [-0.3, -0.25) is 9.48 Å². The van der Waals surface area contributed by atoms with E-state index in [1.165, 1.54) is 0 Å². The van der Waals surface area contributed by atoms with E-state index in [1.807, 2.05) is 30.8 Å². The third-order valence-electron chi connectivity index (χ3n) is 2.29. The topological polar surface area (TPSA) is 59.0 Å². The second-order valence-electron chi connectivity index (χ2n) is 3.74. The van der Waals surface area contributed by atoms with Gasteiger partial charge in [-0.15, -0.1) is 0 Å². The number of nitrogens with zero attached hydrogens (tertiary/aromatic N) is 2. The molecule has 90 valence electrons. The van der Waals surface area contributed by atoms with Crippen LogP contribution in [0.5, 0.6) is 0 Å². The zero-order valence-corrected chi connectivity index (χ0v) is 9.94. The maximum atomic E-state index is 11.5. The van der Waals surface area contributed by atoms with Gasteiger partial charge in [0, 0.05) is 25.5 Å². The van der Waals surface area contributed by atoms with Gasteiger partial charge in [0.2, 0.25) is 5.91 Å². The number of aromatic nitrogens is 2. The Hall–Kier alpha value is -1.36. The highest BCUT2D eigenvalue weighted by molar-refractivity contribution is 5.81. The van der Waals surface area contributed by atoms with Crippen LogP contribution in [0.15, 0.2) is 18.5 Å². The third-order valence-corrected chi connectivity index (χ3v) is 2.29. The van der Waals surface area contributed by atoms with Gasteiger partial charge >= 0.3 is 0 Å². The molecule has 1 heterocycles. The Bertz CT molecular complexity index is 297. The van der Waals surface area contributed by atoms with Crippen molar-refractivity contribution in [3.8, 4) is 0 Å². The molecule has 1 atom stereocenters. The number of carbonyl (C=O) groups excluding carboxylic acids is 1. The second-order valence-corrected chi connectivity index (χ2v) is 3.74. The molecule has 1 unspecified atom stereocenters. The van der Waals surface area contributed by atoms with Crippen molar-refractivity contribution in [1.82, 2.24) is 20.4 Å². The van der Waals surface area contributed by atoms with Crippen molar-refractivity contribution >= 4 is 5.91 Å². The normalized spacial score (nSPS) is 12.4. The van der Waals surface area contributed by atoms with Gasteiger partial charge in [0.25, 0.3) is 0 Å². The summed E-state index contributed by atoms with van der Waals surface area (Å²) in [5, 5.41) is 10.1. The van der Waals surface area contributed by atoms with Crippen LogP contribution in [-0.2, 0) is 11.3 Å². The Morgan fingerprint density at radius 2 is 2.31 bits per heavy atom. The first-order chi connectivity index (χ1) is 7.74. The van der Waals surface area contributed by atoms with Crippen molar-refractivity contribution in [1.29, 1.82) is 0 Å². The zero-order chi connectivity index (χ0) is 11.8. The fourth-order valence-corrected chi connectivity index (χ4v) is 1.32. The minimum Gasteiger partial charge on any atom is -0.355 e. The molecule has 0 fully saturated rings. The Kier molecular flexibility index (Phi) is 5.56. The van der Waals surface area contributed by atoms with Crippen LogP contribution in [0.3, 0.4) is 0 Å². The van der Waals surface area contributed by atoms with Crippen LogP contribution in [0.1, 0.15) is 20.3 Å². The van der Waals surface area contributed by atoms with E-state index in [1.54, 1.807) is 6.20 Å². The maximum absolute atomic E-state index is 11.5. The van der Waals surface area contributed by atoms with Crippen LogP contribution in [-0.4, -0.2) is 34.8 Å². The van der Waals surface area contributed by atoms with Crippen LogP contribution in [0.2, 0.25) is 0 Å². The summed E-state index contributed by atoms with van der Waals surface area (Å²) in [5.74, 6) is 0.0577. The Morgan fingerprint density at radius 3 is 2.94 bits per heavy atom. The fourth-order valence-electron chi connectivity index (χ4n) is 1.32. The molecule has 1 amide bonds. The summed E-state index contributed by atoms with van der Waals surface area (Å²) in [6, 6.07) is 1.74. The number of hydrogen-bond donors (Lipinski definition) is 2. The molecule has 0 bridgehead atoms. The predicted octanol–water partition coefficient (Wildman–Crippen LogP) is 0.387. The quantitative estimate of drug-likeness (QED) is 0.704. The van der Waals surface area contributed by atoms with E-state index in [9.17, 15) is 4.79 Å². The molecule has 0 saturated carbocycles. The van der Waals surface area contributed by atoms with Gasteiger partial charge in [-0.2, -0.15) is 5.10 Å². The highest BCUT2D eigenvalue weighted by Crippen LogP contribution is 1.86. The van der Waals surface area contributed by atoms with E-state index in [0.717, 1.165) is 26.1 Å². The van der Waals surface area contributed by atoms with Crippen LogP contribution >= 0.6 is 0 Å². The average Bonchev–Trinajstić information content (AvgIpc) is 2.78. The van der Waals surface area contributed by atoms with Crippen molar-refractivity contribution in [3.63, 3.8) is 0 Å². The first kappa shape index (κ1) is 12.7. The van der Waals surface area contributed by atoms with Crippen molar-refractivity contribution in [2.75, 3.05) is 13.1 Å². The molecule has 0 aromatic carbocycles. The smallest absolute Gasteiger partial charge is 0.236 e. The van der Waals surface area contributed by atoms with E-state index in [-0.39, 0.29) is 11.9 Å². The minimum absolute atomic E-state index is 0.0577. The monoisotopic (exact) mass is 224 g/mol. The summed E-state index contributed by atoms with van der Waals surface area (Å²) >= 11 is 0. The lowest BCUT2D eigenvalue weighted by Crippen LogP contribution is -2.43. The van der Waals surface area contributed by atoms with Gasteiger partial charge in [-0.05, 0) is 19.4 Å². The van der Waals surface area contributed by atoms with Crippen LogP contribution < -0.4 is 10.6 Å². The van der Waals surface area contributed by atoms with Crippen molar-refractivity contribution in [3.05, 3.63) is 18.5 Å². The van der Waals surface area contributed by atoms with Crippen LogP contribution in [0.25, 0.3) is 0 Å². The van der Waals surface area contributed by atoms with Gasteiger partial charge < -0.3 is 10.6 Å². The molecule has 1 aromatic heterocycles. The molecule has 16 heavy (non-hydrogen) atoms. The summed E-state index contributed by atoms with van der Waals surface area (Å²) in [7, 11) is 0. The molecular formula is C11H20N4O. The molecule has 0 aliphatic rings. The van der Waals surface area contributed by atoms with Gasteiger partial charge in [-0.1, -0.05) is 6.92 Å². The molecule has 1 rings (SSSR count). The first-order valence-electron chi connectivity index (χ1n) is 5.72. The van der Waals surface area contributed by atoms with Crippen molar-refractivity contribution in [2.45, 2.75) is 32.9 Å². The summed E-state index contributed by atoms with van der Waals surface area (Å²) in [5.41, 5.74) is 0. The molecule has 0 spiro atoms. The number of carbonyl (C=O) groups is 1. The Labute approximate surface area is 96.2 Å². The number of amides is 1. The molecule has 0 aliphatic carbocycles. The summed E-state index contributed by atoms with van der Waals surface area (Å²) in [6.07, 6.45) is 4.62.